The van der Waals surface area contributed by atoms with Crippen molar-refractivity contribution in [3.05, 3.63) is 89.6 Å². The Bertz CT molecular complexity index is 1140. The lowest BCUT2D eigenvalue weighted by molar-refractivity contribution is 0.121. The van der Waals surface area contributed by atoms with Crippen LogP contribution in [0.5, 0.6) is 0 Å². The number of rotatable bonds is 6. The Morgan fingerprint density at radius 3 is 2.61 bits per heavy atom. The lowest BCUT2D eigenvalue weighted by atomic mass is 9.87. The van der Waals surface area contributed by atoms with E-state index in [9.17, 15) is 4.79 Å². The molecule has 4 rings (SSSR count). The van der Waals surface area contributed by atoms with E-state index in [1.165, 1.54) is 17.6 Å². The van der Waals surface area contributed by atoms with Crippen molar-refractivity contribution < 1.29 is 14.1 Å². The molecule has 0 aliphatic heterocycles. The Hall–Kier alpha value is -3.60. The standard InChI is InChI=1S/C28H30N2O3/c1-4-21-11-7-6-10-14-25(21)23-15-17-24(18-16-23)27-26(19(2)30-33-27)29-28(31)32-20(3)22-12-8-5-9-13-22/h5-6,8-10,12-18,20-21H,4,7,11H2,1-3H3,(H,29,31). The molecule has 0 spiro atoms. The average Bonchev–Trinajstić information content (AvgIpc) is 3.04. The fourth-order valence-corrected chi connectivity index (χ4v) is 4.23. The second-order valence-corrected chi connectivity index (χ2v) is 8.37. The number of hydrogen-bond donors (Lipinski definition) is 1. The minimum absolute atomic E-state index is 0.373. The zero-order valence-electron chi connectivity index (χ0n) is 19.4. The Morgan fingerprint density at radius 2 is 1.88 bits per heavy atom. The van der Waals surface area contributed by atoms with Crippen LogP contribution in [-0.4, -0.2) is 11.2 Å². The number of carbonyl (C=O) groups is 1. The van der Waals surface area contributed by atoms with Crippen LogP contribution < -0.4 is 5.32 Å². The summed E-state index contributed by atoms with van der Waals surface area (Å²) in [7, 11) is 0. The van der Waals surface area contributed by atoms with Gasteiger partial charge in [-0.2, -0.15) is 0 Å². The first-order valence-corrected chi connectivity index (χ1v) is 11.5. The number of carbonyl (C=O) groups excluding carboxylic acids is 1. The maximum absolute atomic E-state index is 12.6. The number of ether oxygens (including phenoxy) is 1. The molecule has 0 bridgehead atoms. The van der Waals surface area contributed by atoms with E-state index in [1.807, 2.05) is 49.4 Å². The topological polar surface area (TPSA) is 64.4 Å². The number of amides is 1. The van der Waals surface area contributed by atoms with Crippen molar-refractivity contribution in [1.29, 1.82) is 0 Å². The first-order chi connectivity index (χ1) is 16.1. The summed E-state index contributed by atoms with van der Waals surface area (Å²) in [5.41, 5.74) is 5.47. The summed E-state index contributed by atoms with van der Waals surface area (Å²) >= 11 is 0. The van der Waals surface area contributed by atoms with Gasteiger partial charge >= 0.3 is 6.09 Å². The highest BCUT2D eigenvalue weighted by Gasteiger charge is 2.21. The van der Waals surface area contributed by atoms with E-state index < -0.39 is 6.09 Å². The van der Waals surface area contributed by atoms with Gasteiger partial charge in [0.2, 0.25) is 0 Å². The van der Waals surface area contributed by atoms with Gasteiger partial charge in [-0.25, -0.2) is 4.79 Å². The van der Waals surface area contributed by atoms with Crippen LogP contribution in [0.1, 0.15) is 56.0 Å². The number of benzene rings is 2. The molecule has 2 aromatic carbocycles. The molecule has 1 amide bonds. The molecule has 1 aromatic heterocycles. The first-order valence-electron chi connectivity index (χ1n) is 11.5. The molecule has 5 nitrogen and oxygen atoms in total. The molecule has 1 N–H and O–H groups in total. The van der Waals surface area contributed by atoms with E-state index in [1.54, 1.807) is 6.92 Å². The summed E-state index contributed by atoms with van der Waals surface area (Å²) in [5.74, 6) is 1.07. The number of nitrogens with zero attached hydrogens (tertiary/aromatic N) is 1. The van der Waals surface area contributed by atoms with Gasteiger partial charge in [0, 0.05) is 5.56 Å². The summed E-state index contributed by atoms with van der Waals surface area (Å²) in [6.45, 7) is 5.88. The van der Waals surface area contributed by atoms with Crippen molar-refractivity contribution in [3.63, 3.8) is 0 Å². The van der Waals surface area contributed by atoms with Crippen molar-refractivity contribution in [2.75, 3.05) is 5.32 Å². The number of anilines is 1. The average molecular weight is 443 g/mol. The van der Waals surface area contributed by atoms with Gasteiger partial charge in [0.25, 0.3) is 0 Å². The summed E-state index contributed by atoms with van der Waals surface area (Å²) in [6, 6.07) is 17.9. The lowest BCUT2D eigenvalue weighted by Crippen LogP contribution is -2.16. The normalized spacial score (nSPS) is 16.6. The van der Waals surface area contributed by atoms with Crippen LogP contribution in [0.3, 0.4) is 0 Å². The molecular formula is C28H30N2O3. The summed E-state index contributed by atoms with van der Waals surface area (Å²) in [6.07, 6.45) is 9.10. The van der Waals surface area contributed by atoms with Crippen LogP contribution >= 0.6 is 0 Å². The van der Waals surface area contributed by atoms with Crippen LogP contribution in [0.4, 0.5) is 10.5 Å². The van der Waals surface area contributed by atoms with Crippen molar-refractivity contribution in [1.82, 2.24) is 5.16 Å². The molecule has 2 atom stereocenters. The number of nitrogens with one attached hydrogen (secondary N) is 1. The van der Waals surface area contributed by atoms with Gasteiger partial charge in [0.1, 0.15) is 17.5 Å². The molecule has 5 heteroatoms. The van der Waals surface area contributed by atoms with E-state index in [0.29, 0.717) is 23.1 Å². The molecule has 0 radical (unpaired) electrons. The zero-order chi connectivity index (χ0) is 23.2. The van der Waals surface area contributed by atoms with E-state index in [4.69, 9.17) is 9.26 Å². The Balaban J connectivity index is 1.51. The SMILES string of the molecule is CCC1CCC=CC=C1c1ccc(-c2onc(C)c2NC(=O)OC(C)c2ccccc2)cc1. The fourth-order valence-electron chi connectivity index (χ4n) is 4.23. The molecule has 0 fully saturated rings. The highest BCUT2D eigenvalue weighted by molar-refractivity contribution is 5.91. The number of hydrogen-bond acceptors (Lipinski definition) is 4. The summed E-state index contributed by atoms with van der Waals surface area (Å²) in [4.78, 5) is 12.6. The van der Waals surface area contributed by atoms with Crippen LogP contribution in [0.2, 0.25) is 0 Å². The minimum Gasteiger partial charge on any atom is -0.441 e. The van der Waals surface area contributed by atoms with E-state index in [-0.39, 0.29) is 6.10 Å². The highest BCUT2D eigenvalue weighted by atomic mass is 16.6. The Kier molecular flexibility index (Phi) is 7.08. The van der Waals surface area contributed by atoms with E-state index in [2.05, 4.69) is 47.8 Å². The van der Waals surface area contributed by atoms with Gasteiger partial charge in [0.05, 0.1) is 0 Å². The van der Waals surface area contributed by atoms with Crippen molar-refractivity contribution in [2.45, 2.75) is 46.1 Å². The Morgan fingerprint density at radius 1 is 1.15 bits per heavy atom. The van der Waals surface area contributed by atoms with Gasteiger partial charge in [-0.15, -0.1) is 0 Å². The number of aromatic nitrogens is 1. The van der Waals surface area contributed by atoms with Gasteiger partial charge in [-0.05, 0) is 55.7 Å². The van der Waals surface area contributed by atoms with Crippen LogP contribution in [0, 0.1) is 12.8 Å². The molecule has 1 aliphatic carbocycles. The largest absolute Gasteiger partial charge is 0.441 e. The molecule has 3 aromatic rings. The molecule has 1 heterocycles. The van der Waals surface area contributed by atoms with Gasteiger partial charge < -0.3 is 9.26 Å². The van der Waals surface area contributed by atoms with Crippen LogP contribution in [-0.2, 0) is 4.74 Å². The predicted molar refractivity (Wildman–Crippen MR) is 132 cm³/mol. The van der Waals surface area contributed by atoms with Gasteiger partial charge in [0.15, 0.2) is 5.76 Å². The molecule has 2 unspecified atom stereocenters. The maximum atomic E-state index is 12.6. The Labute approximate surface area is 195 Å². The number of aryl methyl sites for hydroxylation is 1. The fraction of sp³-hybridized carbons (Fsp3) is 0.286. The molecule has 33 heavy (non-hydrogen) atoms. The third-order valence-corrected chi connectivity index (χ3v) is 6.15. The molecule has 1 aliphatic rings. The van der Waals surface area contributed by atoms with E-state index in [0.717, 1.165) is 24.0 Å². The lowest BCUT2D eigenvalue weighted by Gasteiger charge is -2.18. The maximum Gasteiger partial charge on any atom is 0.412 e. The third kappa shape index (κ3) is 5.25. The third-order valence-electron chi connectivity index (χ3n) is 6.15. The molecule has 0 saturated heterocycles. The van der Waals surface area contributed by atoms with Crippen molar-refractivity contribution in [2.24, 2.45) is 5.92 Å². The smallest absolute Gasteiger partial charge is 0.412 e. The molecular weight excluding hydrogens is 412 g/mol. The second kappa shape index (κ2) is 10.3. The first kappa shape index (κ1) is 22.6. The quantitative estimate of drug-likeness (QED) is 0.424. The van der Waals surface area contributed by atoms with Gasteiger partial charge in [-0.1, -0.05) is 84.9 Å². The minimum atomic E-state index is -0.545. The van der Waals surface area contributed by atoms with Gasteiger partial charge in [-0.3, -0.25) is 5.32 Å². The monoisotopic (exact) mass is 442 g/mol. The summed E-state index contributed by atoms with van der Waals surface area (Å²) in [5, 5.41) is 6.89. The van der Waals surface area contributed by atoms with E-state index >= 15 is 0 Å². The number of allylic oxidation sites excluding steroid dienone is 4. The van der Waals surface area contributed by atoms with Crippen molar-refractivity contribution >= 4 is 17.4 Å². The predicted octanol–water partition coefficient (Wildman–Crippen LogP) is 7.72. The van der Waals surface area contributed by atoms with Crippen LogP contribution in [0.25, 0.3) is 16.9 Å². The molecule has 0 saturated carbocycles. The highest BCUT2D eigenvalue weighted by Crippen LogP contribution is 2.35. The molecule has 170 valence electrons. The zero-order valence-corrected chi connectivity index (χ0v) is 19.4. The van der Waals surface area contributed by atoms with Crippen molar-refractivity contribution in [3.8, 4) is 11.3 Å². The van der Waals surface area contributed by atoms with Crippen LogP contribution in [0.15, 0.2) is 77.3 Å². The summed E-state index contributed by atoms with van der Waals surface area (Å²) < 4.78 is 11.1. The second-order valence-electron chi connectivity index (χ2n) is 8.37.